The Balaban J connectivity index is 2.43. The Hall–Kier alpha value is -2.04. The lowest BCUT2D eigenvalue weighted by Crippen LogP contribution is -2.01. The Morgan fingerprint density at radius 3 is 2.88 bits per heavy atom. The van der Waals surface area contributed by atoms with Crippen molar-refractivity contribution in [3.8, 4) is 0 Å². The van der Waals surface area contributed by atoms with Crippen LogP contribution in [0.4, 0.5) is 0 Å². The number of fused-ring (bicyclic) bond motifs is 1. The van der Waals surface area contributed by atoms with Crippen LogP contribution in [0.2, 0.25) is 0 Å². The van der Waals surface area contributed by atoms with E-state index >= 15 is 0 Å². The first-order valence-electron chi connectivity index (χ1n) is 5.05. The van der Waals surface area contributed by atoms with Crippen LogP contribution in [-0.2, 0) is 13.0 Å². The normalized spacial score (nSPS) is 10.6. The molecule has 0 aliphatic rings. The van der Waals surface area contributed by atoms with Crippen LogP contribution in [0, 0.1) is 10.1 Å². The van der Waals surface area contributed by atoms with Crippen LogP contribution in [0.15, 0.2) is 24.4 Å². The summed E-state index contributed by atoms with van der Waals surface area (Å²) in [5, 5.41) is 10.3. The van der Waals surface area contributed by atoms with Gasteiger partial charge in [-0.3, -0.25) is 15.1 Å². The minimum atomic E-state index is -0.406. The molecule has 1 heterocycles. The minimum absolute atomic E-state index is 0.279. The highest BCUT2D eigenvalue weighted by molar-refractivity contribution is 5.74. The Bertz CT molecular complexity index is 540. The molecular formula is C11H11N3O2. The summed E-state index contributed by atoms with van der Waals surface area (Å²) >= 11 is 0. The van der Waals surface area contributed by atoms with Gasteiger partial charge in [0.05, 0.1) is 17.2 Å². The van der Waals surface area contributed by atoms with E-state index in [2.05, 4.69) is 16.9 Å². The van der Waals surface area contributed by atoms with Gasteiger partial charge in [0.15, 0.2) is 0 Å². The highest BCUT2D eigenvalue weighted by Gasteiger charge is 2.05. The molecule has 5 nitrogen and oxygen atoms in total. The number of nitrogens with zero attached hydrogens (tertiary/aromatic N) is 3. The highest BCUT2D eigenvalue weighted by Crippen LogP contribution is 2.12. The summed E-state index contributed by atoms with van der Waals surface area (Å²) in [6.07, 6.45) is 2.40. The Labute approximate surface area is 92.3 Å². The number of rotatable bonds is 3. The van der Waals surface area contributed by atoms with Crippen molar-refractivity contribution in [1.82, 2.24) is 9.97 Å². The van der Waals surface area contributed by atoms with E-state index < -0.39 is 4.92 Å². The molecule has 2 aromatic rings. The van der Waals surface area contributed by atoms with Gasteiger partial charge in [-0.2, -0.15) is 0 Å². The molecule has 0 radical (unpaired) electrons. The van der Waals surface area contributed by atoms with Crippen molar-refractivity contribution in [1.29, 1.82) is 0 Å². The average molecular weight is 217 g/mol. The van der Waals surface area contributed by atoms with Gasteiger partial charge in [0.25, 0.3) is 0 Å². The van der Waals surface area contributed by atoms with E-state index in [0.717, 1.165) is 11.9 Å². The fraction of sp³-hybridized carbons (Fsp3) is 0.273. The topological polar surface area (TPSA) is 68.9 Å². The maximum absolute atomic E-state index is 10.3. The van der Waals surface area contributed by atoms with Gasteiger partial charge in [-0.1, -0.05) is 13.0 Å². The molecule has 0 bridgehead atoms. The van der Waals surface area contributed by atoms with Gasteiger partial charge in [0, 0.05) is 4.92 Å². The third kappa shape index (κ3) is 2.13. The Morgan fingerprint density at radius 2 is 2.19 bits per heavy atom. The SMILES string of the molecule is CCc1ccc2nc(C[N+](=O)[O-])cnc2c1. The van der Waals surface area contributed by atoms with Crippen molar-refractivity contribution in [3.63, 3.8) is 0 Å². The lowest BCUT2D eigenvalue weighted by Gasteiger charge is -2.01. The molecule has 0 saturated carbocycles. The van der Waals surface area contributed by atoms with Crippen LogP contribution in [0.3, 0.4) is 0 Å². The van der Waals surface area contributed by atoms with Crippen LogP contribution in [-0.4, -0.2) is 14.9 Å². The van der Waals surface area contributed by atoms with E-state index in [9.17, 15) is 10.1 Å². The molecule has 0 unspecified atom stereocenters. The van der Waals surface area contributed by atoms with Crippen LogP contribution in [0.5, 0.6) is 0 Å². The molecule has 82 valence electrons. The molecule has 5 heteroatoms. The molecule has 0 saturated heterocycles. The first-order valence-corrected chi connectivity index (χ1v) is 5.05. The number of benzene rings is 1. The molecule has 0 aliphatic heterocycles. The second-order valence-electron chi connectivity index (χ2n) is 3.53. The minimum Gasteiger partial charge on any atom is -0.264 e. The number of aryl methyl sites for hydroxylation is 1. The van der Waals surface area contributed by atoms with Gasteiger partial charge in [-0.25, -0.2) is 4.98 Å². The molecular weight excluding hydrogens is 206 g/mol. The van der Waals surface area contributed by atoms with Crippen molar-refractivity contribution >= 4 is 11.0 Å². The monoisotopic (exact) mass is 217 g/mol. The summed E-state index contributed by atoms with van der Waals surface area (Å²) in [6.45, 7) is 1.79. The molecule has 0 N–H and O–H groups in total. The summed E-state index contributed by atoms with van der Waals surface area (Å²) in [6, 6.07) is 5.77. The summed E-state index contributed by atoms with van der Waals surface area (Å²) in [7, 11) is 0. The third-order valence-corrected chi connectivity index (χ3v) is 2.36. The fourth-order valence-electron chi connectivity index (χ4n) is 1.52. The van der Waals surface area contributed by atoms with E-state index in [1.165, 1.54) is 11.8 Å². The van der Waals surface area contributed by atoms with Gasteiger partial charge in [-0.05, 0) is 24.1 Å². The first-order chi connectivity index (χ1) is 7.69. The number of nitro groups is 1. The second kappa shape index (κ2) is 4.22. The Morgan fingerprint density at radius 1 is 1.38 bits per heavy atom. The van der Waals surface area contributed by atoms with Crippen LogP contribution in [0.1, 0.15) is 18.2 Å². The predicted molar refractivity (Wildman–Crippen MR) is 59.6 cm³/mol. The lowest BCUT2D eigenvalue weighted by molar-refractivity contribution is -0.497. The average Bonchev–Trinajstić information content (AvgIpc) is 2.27. The quantitative estimate of drug-likeness (QED) is 0.582. The van der Waals surface area contributed by atoms with Gasteiger partial charge < -0.3 is 0 Å². The zero-order valence-electron chi connectivity index (χ0n) is 8.88. The third-order valence-electron chi connectivity index (χ3n) is 2.36. The molecule has 0 fully saturated rings. The van der Waals surface area contributed by atoms with E-state index in [1.54, 1.807) is 0 Å². The van der Waals surface area contributed by atoms with Crippen LogP contribution >= 0.6 is 0 Å². The molecule has 16 heavy (non-hydrogen) atoms. The Kier molecular flexibility index (Phi) is 2.76. The smallest absolute Gasteiger partial charge is 0.247 e. The highest BCUT2D eigenvalue weighted by atomic mass is 16.6. The number of aromatic nitrogens is 2. The molecule has 0 aliphatic carbocycles. The van der Waals surface area contributed by atoms with Gasteiger partial charge in [0.2, 0.25) is 6.54 Å². The molecule has 1 aromatic heterocycles. The zero-order valence-corrected chi connectivity index (χ0v) is 8.88. The fourth-order valence-corrected chi connectivity index (χ4v) is 1.52. The molecule has 0 atom stereocenters. The molecule has 0 amide bonds. The maximum Gasteiger partial charge on any atom is 0.247 e. The van der Waals surface area contributed by atoms with Crippen molar-refractivity contribution in [2.75, 3.05) is 0 Å². The standard InChI is InChI=1S/C11H11N3O2/c1-2-8-3-4-10-11(5-8)12-6-9(13-10)7-14(15)16/h3-6H,2,7H2,1H3. The van der Waals surface area contributed by atoms with Crippen molar-refractivity contribution < 1.29 is 4.92 Å². The second-order valence-corrected chi connectivity index (χ2v) is 3.53. The summed E-state index contributed by atoms with van der Waals surface area (Å²) < 4.78 is 0. The molecule has 2 rings (SSSR count). The largest absolute Gasteiger partial charge is 0.264 e. The number of hydrogen-bond donors (Lipinski definition) is 0. The van der Waals surface area contributed by atoms with Crippen LogP contribution < -0.4 is 0 Å². The molecule has 0 spiro atoms. The van der Waals surface area contributed by atoms with Crippen molar-refractivity contribution in [2.45, 2.75) is 19.9 Å². The first kappa shape index (κ1) is 10.5. The van der Waals surface area contributed by atoms with Gasteiger partial charge >= 0.3 is 0 Å². The van der Waals surface area contributed by atoms with E-state index in [4.69, 9.17) is 0 Å². The van der Waals surface area contributed by atoms with E-state index in [0.29, 0.717) is 11.2 Å². The number of hydrogen-bond acceptors (Lipinski definition) is 4. The van der Waals surface area contributed by atoms with Gasteiger partial charge in [0.1, 0.15) is 5.69 Å². The summed E-state index contributed by atoms with van der Waals surface area (Å²) in [4.78, 5) is 18.3. The van der Waals surface area contributed by atoms with E-state index in [1.807, 2.05) is 18.2 Å². The molecule has 1 aromatic carbocycles. The lowest BCUT2D eigenvalue weighted by atomic mass is 10.1. The maximum atomic E-state index is 10.3. The van der Waals surface area contributed by atoms with Crippen molar-refractivity contribution in [3.05, 3.63) is 45.8 Å². The van der Waals surface area contributed by atoms with Crippen LogP contribution in [0.25, 0.3) is 11.0 Å². The zero-order chi connectivity index (χ0) is 11.5. The van der Waals surface area contributed by atoms with Crippen molar-refractivity contribution in [2.24, 2.45) is 0 Å². The van der Waals surface area contributed by atoms with Gasteiger partial charge in [-0.15, -0.1) is 0 Å². The van der Waals surface area contributed by atoms with E-state index in [-0.39, 0.29) is 6.54 Å². The summed E-state index contributed by atoms with van der Waals surface area (Å²) in [5.74, 6) is 0. The summed E-state index contributed by atoms with van der Waals surface area (Å²) in [5.41, 5.74) is 3.06. The predicted octanol–water partition coefficient (Wildman–Crippen LogP) is 1.97.